The van der Waals surface area contributed by atoms with Gasteiger partial charge in [0.15, 0.2) is 5.65 Å². The standard InChI is InChI=1S/C20H21N5O2/c1-13(26)25-10-8-14-5-2-3-6-15(14)17(25)11-19(27)22-12-18-23-16-7-4-9-21-20(16)24-18/h2-7,9,17H,8,10-12H2,1H3,(H,22,27)(H,21,23,24). The highest BCUT2D eigenvalue weighted by atomic mass is 16.2. The van der Waals surface area contributed by atoms with Crippen molar-refractivity contribution in [2.75, 3.05) is 6.54 Å². The smallest absolute Gasteiger partial charge is 0.222 e. The number of amides is 2. The predicted octanol–water partition coefficient (Wildman–Crippen LogP) is 2.11. The summed E-state index contributed by atoms with van der Waals surface area (Å²) < 4.78 is 0. The number of rotatable bonds is 4. The van der Waals surface area contributed by atoms with Gasteiger partial charge in [0, 0.05) is 19.7 Å². The minimum absolute atomic E-state index is 0.00865. The number of benzene rings is 1. The number of nitrogens with zero attached hydrogens (tertiary/aromatic N) is 3. The first-order chi connectivity index (χ1) is 13.1. The maximum absolute atomic E-state index is 12.6. The van der Waals surface area contributed by atoms with Crippen LogP contribution >= 0.6 is 0 Å². The van der Waals surface area contributed by atoms with Crippen LogP contribution in [0.4, 0.5) is 0 Å². The van der Waals surface area contributed by atoms with E-state index in [-0.39, 0.29) is 24.3 Å². The summed E-state index contributed by atoms with van der Waals surface area (Å²) in [7, 11) is 0. The second-order valence-electron chi connectivity index (χ2n) is 6.72. The number of imidazole rings is 1. The Morgan fingerprint density at radius 2 is 2.11 bits per heavy atom. The summed E-state index contributed by atoms with van der Waals surface area (Å²) >= 11 is 0. The fourth-order valence-electron chi connectivity index (χ4n) is 3.66. The number of carbonyl (C=O) groups is 2. The maximum Gasteiger partial charge on any atom is 0.222 e. The van der Waals surface area contributed by atoms with Crippen LogP contribution in [0, 0.1) is 0 Å². The van der Waals surface area contributed by atoms with E-state index >= 15 is 0 Å². The molecule has 27 heavy (non-hydrogen) atoms. The highest BCUT2D eigenvalue weighted by molar-refractivity contribution is 5.79. The topological polar surface area (TPSA) is 91.0 Å². The summed E-state index contributed by atoms with van der Waals surface area (Å²) in [6.07, 6.45) is 2.73. The summed E-state index contributed by atoms with van der Waals surface area (Å²) in [4.78, 5) is 38.1. The molecular weight excluding hydrogens is 342 g/mol. The summed E-state index contributed by atoms with van der Waals surface area (Å²) in [5.41, 5.74) is 3.73. The number of aromatic nitrogens is 3. The van der Waals surface area contributed by atoms with Crippen LogP contribution in [0.1, 0.15) is 36.3 Å². The average Bonchev–Trinajstić information content (AvgIpc) is 3.09. The molecule has 1 atom stereocenters. The Hall–Kier alpha value is -3.22. The molecule has 0 saturated heterocycles. The third kappa shape index (κ3) is 3.53. The molecule has 1 aromatic carbocycles. The molecule has 0 spiro atoms. The van der Waals surface area contributed by atoms with Gasteiger partial charge < -0.3 is 15.2 Å². The SMILES string of the molecule is CC(=O)N1CCc2ccccc2C1CC(=O)NCc1nc2ncccc2[nH]1. The van der Waals surface area contributed by atoms with Crippen LogP contribution in [0.15, 0.2) is 42.6 Å². The van der Waals surface area contributed by atoms with Gasteiger partial charge in [-0.15, -0.1) is 0 Å². The molecule has 7 heteroatoms. The molecule has 1 unspecified atom stereocenters. The van der Waals surface area contributed by atoms with E-state index < -0.39 is 0 Å². The molecular formula is C20H21N5O2. The highest BCUT2D eigenvalue weighted by Crippen LogP contribution is 2.32. The number of carbonyl (C=O) groups excluding carboxylic acids is 2. The Kier molecular flexibility index (Phi) is 4.58. The quantitative estimate of drug-likeness (QED) is 0.743. The molecule has 3 heterocycles. The first kappa shape index (κ1) is 17.2. The van der Waals surface area contributed by atoms with Gasteiger partial charge in [0.25, 0.3) is 0 Å². The molecule has 0 fully saturated rings. The van der Waals surface area contributed by atoms with E-state index in [0.717, 1.165) is 17.5 Å². The van der Waals surface area contributed by atoms with Crippen molar-refractivity contribution in [1.82, 2.24) is 25.2 Å². The number of nitrogens with one attached hydrogen (secondary N) is 2. The Bertz CT molecular complexity index is 964. The largest absolute Gasteiger partial charge is 0.349 e. The van der Waals surface area contributed by atoms with Gasteiger partial charge in [0.1, 0.15) is 5.82 Å². The number of hydrogen-bond donors (Lipinski definition) is 2. The first-order valence-corrected chi connectivity index (χ1v) is 9.03. The molecule has 1 aliphatic rings. The van der Waals surface area contributed by atoms with Crippen LogP contribution in [-0.2, 0) is 22.6 Å². The molecule has 2 aromatic heterocycles. The first-order valence-electron chi connectivity index (χ1n) is 9.03. The Morgan fingerprint density at radius 3 is 2.93 bits per heavy atom. The third-order valence-corrected chi connectivity index (χ3v) is 4.96. The van der Waals surface area contributed by atoms with Crippen LogP contribution in [0.2, 0.25) is 0 Å². The third-order valence-electron chi connectivity index (χ3n) is 4.96. The van der Waals surface area contributed by atoms with Gasteiger partial charge in [0.2, 0.25) is 11.8 Å². The highest BCUT2D eigenvalue weighted by Gasteiger charge is 2.30. The lowest BCUT2D eigenvalue weighted by Crippen LogP contribution is -2.41. The van der Waals surface area contributed by atoms with Gasteiger partial charge in [0.05, 0.1) is 24.5 Å². The van der Waals surface area contributed by atoms with E-state index in [1.165, 1.54) is 5.56 Å². The number of aromatic amines is 1. The van der Waals surface area contributed by atoms with Gasteiger partial charge in [-0.05, 0) is 29.7 Å². The molecule has 3 aromatic rings. The van der Waals surface area contributed by atoms with Gasteiger partial charge in [-0.25, -0.2) is 9.97 Å². The molecule has 0 aliphatic carbocycles. The zero-order valence-electron chi connectivity index (χ0n) is 15.1. The van der Waals surface area contributed by atoms with Crippen molar-refractivity contribution in [3.05, 3.63) is 59.5 Å². The number of pyridine rings is 1. The van der Waals surface area contributed by atoms with Crippen LogP contribution in [0.25, 0.3) is 11.2 Å². The van der Waals surface area contributed by atoms with Gasteiger partial charge >= 0.3 is 0 Å². The Morgan fingerprint density at radius 1 is 1.26 bits per heavy atom. The van der Waals surface area contributed by atoms with Crippen LogP contribution in [-0.4, -0.2) is 38.2 Å². The number of H-pyrrole nitrogens is 1. The lowest BCUT2D eigenvalue weighted by molar-refractivity contribution is -0.133. The molecule has 0 saturated carbocycles. The second-order valence-corrected chi connectivity index (χ2v) is 6.72. The van der Waals surface area contributed by atoms with Crippen LogP contribution in [0.3, 0.4) is 0 Å². The predicted molar refractivity (Wildman–Crippen MR) is 101 cm³/mol. The molecule has 2 amide bonds. The Balaban J connectivity index is 1.46. The van der Waals surface area contributed by atoms with Crippen LogP contribution in [0.5, 0.6) is 0 Å². The zero-order valence-corrected chi connectivity index (χ0v) is 15.1. The molecule has 0 radical (unpaired) electrons. The maximum atomic E-state index is 12.6. The number of fused-ring (bicyclic) bond motifs is 2. The fraction of sp³-hybridized carbons (Fsp3) is 0.300. The zero-order chi connectivity index (χ0) is 18.8. The summed E-state index contributed by atoms with van der Waals surface area (Å²) in [6.45, 7) is 2.49. The summed E-state index contributed by atoms with van der Waals surface area (Å²) in [6, 6.07) is 11.5. The van der Waals surface area contributed by atoms with Crippen molar-refractivity contribution < 1.29 is 9.59 Å². The second kappa shape index (κ2) is 7.19. The van der Waals surface area contributed by atoms with Crippen molar-refractivity contribution in [2.24, 2.45) is 0 Å². The molecule has 4 rings (SSSR count). The lowest BCUT2D eigenvalue weighted by atomic mass is 9.90. The lowest BCUT2D eigenvalue weighted by Gasteiger charge is -2.36. The molecule has 1 aliphatic heterocycles. The van der Waals surface area contributed by atoms with Crippen LogP contribution < -0.4 is 5.32 Å². The molecule has 138 valence electrons. The van der Waals surface area contributed by atoms with E-state index in [1.807, 2.05) is 30.3 Å². The monoisotopic (exact) mass is 363 g/mol. The van der Waals surface area contributed by atoms with Gasteiger partial charge in [-0.3, -0.25) is 9.59 Å². The fourth-order valence-corrected chi connectivity index (χ4v) is 3.66. The summed E-state index contributed by atoms with van der Waals surface area (Å²) in [5.74, 6) is 0.534. The molecule has 2 N–H and O–H groups in total. The Labute approximate surface area is 156 Å². The molecule has 7 nitrogen and oxygen atoms in total. The van der Waals surface area contributed by atoms with Crippen molar-refractivity contribution in [3.63, 3.8) is 0 Å². The minimum Gasteiger partial charge on any atom is -0.349 e. The van der Waals surface area contributed by atoms with E-state index in [0.29, 0.717) is 24.6 Å². The normalized spacial score (nSPS) is 16.2. The average molecular weight is 363 g/mol. The van der Waals surface area contributed by atoms with E-state index in [1.54, 1.807) is 18.0 Å². The van der Waals surface area contributed by atoms with E-state index in [9.17, 15) is 9.59 Å². The van der Waals surface area contributed by atoms with E-state index in [2.05, 4.69) is 26.3 Å². The van der Waals surface area contributed by atoms with Crippen molar-refractivity contribution >= 4 is 23.0 Å². The molecule has 0 bridgehead atoms. The summed E-state index contributed by atoms with van der Waals surface area (Å²) in [5, 5.41) is 2.90. The van der Waals surface area contributed by atoms with Crippen molar-refractivity contribution in [2.45, 2.75) is 32.4 Å². The van der Waals surface area contributed by atoms with Crippen molar-refractivity contribution in [1.29, 1.82) is 0 Å². The van der Waals surface area contributed by atoms with E-state index in [4.69, 9.17) is 0 Å². The number of hydrogen-bond acceptors (Lipinski definition) is 4. The van der Waals surface area contributed by atoms with Gasteiger partial charge in [-0.1, -0.05) is 24.3 Å². The minimum atomic E-state index is -0.232. The van der Waals surface area contributed by atoms with Crippen molar-refractivity contribution in [3.8, 4) is 0 Å². The van der Waals surface area contributed by atoms with Gasteiger partial charge in [-0.2, -0.15) is 0 Å².